The Morgan fingerprint density at radius 2 is 1.88 bits per heavy atom. The van der Waals surface area contributed by atoms with Crippen molar-refractivity contribution in [3.8, 4) is 5.75 Å². The summed E-state index contributed by atoms with van der Waals surface area (Å²) in [5.74, 6) is -0.506. The second-order valence-electron chi connectivity index (χ2n) is 5.32. The lowest BCUT2D eigenvalue weighted by molar-refractivity contribution is -0.149. The maximum absolute atomic E-state index is 12.4. The fourth-order valence-corrected chi connectivity index (χ4v) is 4.46. The highest BCUT2D eigenvalue weighted by atomic mass is 79.9. The van der Waals surface area contributed by atoms with Gasteiger partial charge in [0.1, 0.15) is 12.3 Å². The molecule has 2 amide bonds. The van der Waals surface area contributed by atoms with Crippen molar-refractivity contribution < 1.29 is 23.9 Å². The molecule has 0 aliphatic carbocycles. The molecule has 0 radical (unpaired) electrons. The van der Waals surface area contributed by atoms with Crippen LogP contribution < -0.4 is 4.74 Å². The maximum Gasteiger partial charge on any atom is 0.326 e. The van der Waals surface area contributed by atoms with Gasteiger partial charge >= 0.3 is 5.97 Å². The van der Waals surface area contributed by atoms with E-state index in [9.17, 15) is 14.4 Å². The second-order valence-corrected chi connectivity index (χ2v) is 8.03. The van der Waals surface area contributed by atoms with Gasteiger partial charge in [-0.1, -0.05) is 0 Å². The van der Waals surface area contributed by atoms with Gasteiger partial charge in [-0.05, 0) is 81.2 Å². The monoisotopic (exact) mass is 491 g/mol. The second kappa shape index (κ2) is 8.37. The van der Waals surface area contributed by atoms with Gasteiger partial charge in [0.05, 0.1) is 27.1 Å². The van der Waals surface area contributed by atoms with Gasteiger partial charge in [-0.25, -0.2) is 0 Å². The van der Waals surface area contributed by atoms with Crippen molar-refractivity contribution in [1.82, 2.24) is 4.90 Å². The van der Waals surface area contributed by atoms with Gasteiger partial charge in [-0.2, -0.15) is 0 Å². The van der Waals surface area contributed by atoms with E-state index in [0.29, 0.717) is 20.3 Å². The van der Waals surface area contributed by atoms with Crippen LogP contribution in [-0.4, -0.2) is 41.8 Å². The average molecular weight is 493 g/mol. The molecule has 25 heavy (non-hydrogen) atoms. The smallest absolute Gasteiger partial charge is 0.326 e. The van der Waals surface area contributed by atoms with Crippen LogP contribution in [0.3, 0.4) is 0 Å². The number of carbonyl (C=O) groups excluding carboxylic acids is 3. The van der Waals surface area contributed by atoms with E-state index in [1.807, 2.05) is 0 Å². The lowest BCUT2D eigenvalue weighted by Gasteiger charge is -2.13. The molecular weight excluding hydrogens is 478 g/mol. The summed E-state index contributed by atoms with van der Waals surface area (Å²) in [4.78, 5) is 37.2. The Labute approximate surface area is 166 Å². The van der Waals surface area contributed by atoms with Gasteiger partial charge in [0, 0.05) is 0 Å². The highest BCUT2D eigenvalue weighted by Gasteiger charge is 2.36. The molecule has 1 aliphatic rings. The summed E-state index contributed by atoms with van der Waals surface area (Å²) in [5, 5.41) is -0.497. The predicted molar refractivity (Wildman–Crippen MR) is 102 cm³/mol. The fourth-order valence-electron chi connectivity index (χ4n) is 2.07. The molecule has 1 aromatic carbocycles. The first-order chi connectivity index (χ1) is 11.7. The summed E-state index contributed by atoms with van der Waals surface area (Å²) in [6, 6.07) is 3.54. The first-order valence-electron chi connectivity index (χ1n) is 7.20. The van der Waals surface area contributed by atoms with Gasteiger partial charge in [0.2, 0.25) is 0 Å². The number of halogens is 2. The number of benzene rings is 1. The first-order valence-corrected chi connectivity index (χ1v) is 9.61. The molecule has 6 nitrogen and oxygen atoms in total. The first kappa shape index (κ1) is 20.0. The number of rotatable bonds is 5. The predicted octanol–water partition coefficient (Wildman–Crippen LogP) is 4.21. The minimum absolute atomic E-state index is 0.242. The normalized spacial score (nSPS) is 16.1. The number of amides is 2. The van der Waals surface area contributed by atoms with Crippen molar-refractivity contribution >= 4 is 66.8 Å². The third kappa shape index (κ3) is 4.86. The number of imide groups is 1. The van der Waals surface area contributed by atoms with Crippen LogP contribution in [0.5, 0.6) is 5.75 Å². The molecule has 1 aromatic rings. The van der Waals surface area contributed by atoms with Crippen molar-refractivity contribution in [2.45, 2.75) is 20.0 Å². The molecule has 2 rings (SSSR count). The topological polar surface area (TPSA) is 72.9 Å². The lowest BCUT2D eigenvalue weighted by atomic mass is 10.2. The fraction of sp³-hybridized carbons (Fsp3) is 0.312. The number of methoxy groups -OCH3 is 1. The lowest BCUT2D eigenvalue weighted by Crippen LogP contribution is -2.35. The van der Waals surface area contributed by atoms with Crippen molar-refractivity contribution in [1.29, 1.82) is 0 Å². The Morgan fingerprint density at radius 3 is 2.40 bits per heavy atom. The minimum atomic E-state index is -0.617. The molecule has 0 atom stereocenters. The number of hydrogen-bond donors (Lipinski definition) is 0. The number of esters is 1. The summed E-state index contributed by atoms with van der Waals surface area (Å²) in [6.07, 6.45) is 1.28. The molecule has 1 heterocycles. The SMILES string of the molecule is COc1c(Br)cc(/C=C2\SC(=O)N(CC(=O)OC(C)C)C2=O)cc1Br. The van der Waals surface area contributed by atoms with Crippen LogP contribution in [0.25, 0.3) is 6.08 Å². The molecule has 0 aromatic heterocycles. The number of carbonyl (C=O) groups is 3. The van der Waals surface area contributed by atoms with Crippen molar-refractivity contribution in [3.63, 3.8) is 0 Å². The van der Waals surface area contributed by atoms with Gasteiger partial charge in [-0.3, -0.25) is 19.3 Å². The van der Waals surface area contributed by atoms with E-state index in [1.54, 1.807) is 39.2 Å². The Bertz CT molecular complexity index is 740. The molecule has 0 spiro atoms. The average Bonchev–Trinajstić information content (AvgIpc) is 2.74. The summed E-state index contributed by atoms with van der Waals surface area (Å²) in [6.45, 7) is 3.01. The van der Waals surface area contributed by atoms with Crippen molar-refractivity contribution in [3.05, 3.63) is 31.5 Å². The van der Waals surface area contributed by atoms with E-state index in [0.717, 1.165) is 16.7 Å². The number of thioether (sulfide) groups is 1. The molecule has 1 saturated heterocycles. The van der Waals surface area contributed by atoms with E-state index >= 15 is 0 Å². The van der Waals surface area contributed by atoms with Crippen LogP contribution in [0.2, 0.25) is 0 Å². The molecule has 0 unspecified atom stereocenters. The summed E-state index contributed by atoms with van der Waals surface area (Å²) >= 11 is 7.56. The Hall–Kier alpha value is -1.32. The molecule has 0 N–H and O–H groups in total. The van der Waals surface area contributed by atoms with Crippen LogP contribution in [-0.2, 0) is 14.3 Å². The minimum Gasteiger partial charge on any atom is -0.494 e. The number of hydrogen-bond acceptors (Lipinski definition) is 6. The van der Waals surface area contributed by atoms with E-state index in [4.69, 9.17) is 9.47 Å². The zero-order valence-electron chi connectivity index (χ0n) is 13.7. The summed E-state index contributed by atoms with van der Waals surface area (Å²) in [5.41, 5.74) is 0.704. The van der Waals surface area contributed by atoms with Gasteiger partial charge in [0.15, 0.2) is 0 Å². The molecule has 1 fully saturated rings. The highest BCUT2D eigenvalue weighted by molar-refractivity contribution is 9.11. The van der Waals surface area contributed by atoms with E-state index < -0.39 is 23.7 Å². The molecule has 9 heteroatoms. The quantitative estimate of drug-likeness (QED) is 0.453. The van der Waals surface area contributed by atoms with Crippen LogP contribution in [0.4, 0.5) is 4.79 Å². The van der Waals surface area contributed by atoms with E-state index in [2.05, 4.69) is 31.9 Å². The van der Waals surface area contributed by atoms with Crippen LogP contribution in [0.15, 0.2) is 26.0 Å². The van der Waals surface area contributed by atoms with E-state index in [-0.39, 0.29) is 11.0 Å². The number of nitrogens with zero attached hydrogens (tertiary/aromatic N) is 1. The molecule has 134 valence electrons. The Balaban J connectivity index is 2.21. The molecule has 0 saturated carbocycles. The number of ether oxygens (including phenoxy) is 2. The highest BCUT2D eigenvalue weighted by Crippen LogP contribution is 2.37. The molecule has 0 bridgehead atoms. The maximum atomic E-state index is 12.4. The zero-order valence-corrected chi connectivity index (χ0v) is 17.7. The molecular formula is C16H15Br2NO5S. The van der Waals surface area contributed by atoms with Crippen LogP contribution in [0.1, 0.15) is 19.4 Å². The van der Waals surface area contributed by atoms with Gasteiger partial charge in [0.25, 0.3) is 11.1 Å². The standard InChI is InChI=1S/C16H15Br2NO5S/c1-8(2)24-13(20)7-19-15(21)12(25-16(19)22)6-9-4-10(17)14(23-3)11(18)5-9/h4-6,8H,7H2,1-3H3/b12-6-. The van der Waals surface area contributed by atoms with Crippen molar-refractivity contribution in [2.24, 2.45) is 0 Å². The Morgan fingerprint density at radius 1 is 1.28 bits per heavy atom. The largest absolute Gasteiger partial charge is 0.494 e. The van der Waals surface area contributed by atoms with E-state index in [1.165, 1.54) is 0 Å². The Kier molecular flexibility index (Phi) is 6.70. The third-order valence-corrected chi connectivity index (χ3v) is 5.14. The summed E-state index contributed by atoms with van der Waals surface area (Å²) in [7, 11) is 1.55. The third-order valence-electron chi connectivity index (χ3n) is 3.05. The van der Waals surface area contributed by atoms with Gasteiger partial charge < -0.3 is 9.47 Å². The van der Waals surface area contributed by atoms with Gasteiger partial charge in [-0.15, -0.1) is 0 Å². The van der Waals surface area contributed by atoms with Crippen LogP contribution in [0, 0.1) is 0 Å². The van der Waals surface area contributed by atoms with Crippen LogP contribution >= 0.6 is 43.6 Å². The zero-order chi connectivity index (χ0) is 18.7. The van der Waals surface area contributed by atoms with Crippen molar-refractivity contribution in [2.75, 3.05) is 13.7 Å². The molecule has 1 aliphatic heterocycles. The summed E-state index contributed by atoms with van der Waals surface area (Å²) < 4.78 is 11.6.